The molecule has 1 heterocycles. The number of fused-ring (bicyclic) bond motifs is 1. The second kappa shape index (κ2) is 5.06. The Hall–Kier alpha value is -3.48. The molecule has 0 saturated heterocycles. The van der Waals surface area contributed by atoms with E-state index in [9.17, 15) is 24.3 Å². The summed E-state index contributed by atoms with van der Waals surface area (Å²) in [5, 5.41) is 18.3. The molecule has 0 radical (unpaired) electrons. The predicted octanol–water partition coefficient (Wildman–Crippen LogP) is 1.88. The lowest BCUT2D eigenvalue weighted by atomic mass is 10.1. The Morgan fingerprint density at radius 1 is 0.826 bits per heavy atom. The highest BCUT2D eigenvalue weighted by atomic mass is 16.4. The van der Waals surface area contributed by atoms with Gasteiger partial charge in [0.15, 0.2) is 0 Å². The number of benzene rings is 2. The van der Waals surface area contributed by atoms with Gasteiger partial charge in [-0.2, -0.15) is 0 Å². The van der Waals surface area contributed by atoms with Gasteiger partial charge in [0.2, 0.25) is 0 Å². The van der Waals surface area contributed by atoms with Crippen molar-refractivity contribution < 1.29 is 29.4 Å². The van der Waals surface area contributed by atoms with E-state index in [0.29, 0.717) is 4.90 Å². The van der Waals surface area contributed by atoms with Crippen molar-refractivity contribution in [3.8, 4) is 0 Å². The molecule has 23 heavy (non-hydrogen) atoms. The number of rotatable bonds is 3. The van der Waals surface area contributed by atoms with Gasteiger partial charge in [-0.1, -0.05) is 12.1 Å². The van der Waals surface area contributed by atoms with Crippen molar-refractivity contribution in [2.45, 2.75) is 0 Å². The average molecular weight is 311 g/mol. The summed E-state index contributed by atoms with van der Waals surface area (Å²) in [7, 11) is 0. The third-order valence-electron chi connectivity index (χ3n) is 3.51. The van der Waals surface area contributed by atoms with Crippen LogP contribution in [0.3, 0.4) is 0 Å². The fraction of sp³-hybridized carbons (Fsp3) is 0. The van der Waals surface area contributed by atoms with Gasteiger partial charge in [-0.25, -0.2) is 14.5 Å². The van der Waals surface area contributed by atoms with Crippen LogP contribution in [0.25, 0.3) is 0 Å². The third kappa shape index (κ3) is 2.15. The Morgan fingerprint density at radius 3 is 1.87 bits per heavy atom. The topological polar surface area (TPSA) is 112 Å². The van der Waals surface area contributed by atoms with Crippen LogP contribution in [-0.4, -0.2) is 34.0 Å². The van der Waals surface area contributed by atoms with E-state index in [2.05, 4.69) is 0 Å². The second-order valence-electron chi connectivity index (χ2n) is 4.83. The molecule has 2 aromatic carbocycles. The third-order valence-corrected chi connectivity index (χ3v) is 3.51. The summed E-state index contributed by atoms with van der Waals surface area (Å²) in [6, 6.07) is 9.25. The number of hydrogen-bond acceptors (Lipinski definition) is 4. The fourth-order valence-corrected chi connectivity index (χ4v) is 2.44. The lowest BCUT2D eigenvalue weighted by molar-refractivity contribution is 0.0681. The molecule has 2 aromatic rings. The number of imide groups is 1. The van der Waals surface area contributed by atoms with Crippen LogP contribution in [0.1, 0.15) is 41.4 Å². The number of carbonyl (C=O) groups is 4. The first kappa shape index (κ1) is 14.5. The van der Waals surface area contributed by atoms with Crippen molar-refractivity contribution >= 4 is 29.4 Å². The average Bonchev–Trinajstić information content (AvgIpc) is 2.78. The Balaban J connectivity index is 2.21. The first-order chi connectivity index (χ1) is 10.9. The number of hydrogen-bond donors (Lipinski definition) is 2. The maximum absolute atomic E-state index is 12.4. The van der Waals surface area contributed by atoms with Crippen molar-refractivity contribution in [2.75, 3.05) is 4.90 Å². The maximum Gasteiger partial charge on any atom is 0.337 e. The summed E-state index contributed by atoms with van der Waals surface area (Å²) < 4.78 is 0. The van der Waals surface area contributed by atoms with Gasteiger partial charge in [-0.05, 0) is 30.3 Å². The number of anilines is 1. The standard InChI is InChI=1S/C16H9NO6/c18-13-9-3-1-2-4-10(9)14(19)17(13)12-7-8(15(20)21)5-6-11(12)16(22)23/h1-7H,(H,20,21)(H,22,23). The minimum Gasteiger partial charge on any atom is -0.478 e. The van der Waals surface area contributed by atoms with Crippen LogP contribution in [0.5, 0.6) is 0 Å². The normalized spacial score (nSPS) is 13.1. The molecule has 0 saturated carbocycles. The van der Waals surface area contributed by atoms with E-state index in [1.807, 2.05) is 0 Å². The van der Waals surface area contributed by atoms with E-state index in [1.165, 1.54) is 12.1 Å². The molecule has 0 aromatic heterocycles. The van der Waals surface area contributed by atoms with Crippen LogP contribution < -0.4 is 4.90 Å². The van der Waals surface area contributed by atoms with Crippen LogP contribution in [0.15, 0.2) is 42.5 Å². The number of carboxylic acids is 2. The smallest absolute Gasteiger partial charge is 0.337 e. The molecular weight excluding hydrogens is 302 g/mol. The first-order valence-electron chi connectivity index (χ1n) is 6.50. The van der Waals surface area contributed by atoms with Crippen LogP contribution in [0.4, 0.5) is 5.69 Å². The van der Waals surface area contributed by atoms with E-state index in [1.54, 1.807) is 12.1 Å². The SMILES string of the molecule is O=C(O)c1ccc(C(=O)O)c(N2C(=O)c3ccccc3C2=O)c1. The number of aromatic carboxylic acids is 2. The number of carboxylic acid groups (broad SMARTS) is 2. The molecule has 1 aliphatic heterocycles. The molecule has 1 aliphatic rings. The van der Waals surface area contributed by atoms with Crippen LogP contribution >= 0.6 is 0 Å². The summed E-state index contributed by atoms with van der Waals surface area (Å²) in [4.78, 5) is 48.0. The quantitative estimate of drug-likeness (QED) is 0.837. The van der Waals surface area contributed by atoms with Gasteiger partial charge in [-0.3, -0.25) is 9.59 Å². The van der Waals surface area contributed by atoms with Crippen LogP contribution in [-0.2, 0) is 0 Å². The zero-order chi connectivity index (χ0) is 16.7. The minimum absolute atomic E-state index is 0.148. The lowest BCUT2D eigenvalue weighted by Gasteiger charge is -2.17. The van der Waals surface area contributed by atoms with Gasteiger partial charge < -0.3 is 10.2 Å². The molecule has 7 nitrogen and oxygen atoms in total. The molecule has 0 fully saturated rings. The van der Waals surface area contributed by atoms with Crippen molar-refractivity contribution in [1.29, 1.82) is 0 Å². The van der Waals surface area contributed by atoms with Crippen molar-refractivity contribution in [3.63, 3.8) is 0 Å². The highest BCUT2D eigenvalue weighted by molar-refractivity contribution is 6.35. The molecule has 3 rings (SSSR count). The number of nitrogens with zero attached hydrogens (tertiary/aromatic N) is 1. The zero-order valence-corrected chi connectivity index (χ0v) is 11.5. The summed E-state index contributed by atoms with van der Waals surface area (Å²) in [6.45, 7) is 0. The molecule has 0 aliphatic carbocycles. The Morgan fingerprint density at radius 2 is 1.39 bits per heavy atom. The fourth-order valence-electron chi connectivity index (χ4n) is 2.44. The summed E-state index contributed by atoms with van der Waals surface area (Å²) in [5.74, 6) is -4.03. The van der Waals surface area contributed by atoms with Crippen LogP contribution in [0, 0.1) is 0 Å². The Bertz CT molecular complexity index is 851. The second-order valence-corrected chi connectivity index (χ2v) is 4.83. The van der Waals surface area contributed by atoms with Crippen molar-refractivity contribution in [1.82, 2.24) is 0 Å². The van der Waals surface area contributed by atoms with E-state index in [4.69, 9.17) is 5.11 Å². The van der Waals surface area contributed by atoms with E-state index < -0.39 is 23.8 Å². The molecule has 0 unspecified atom stereocenters. The summed E-state index contributed by atoms with van der Waals surface area (Å²) in [5.41, 5.74) is -0.515. The molecule has 0 bridgehead atoms. The van der Waals surface area contributed by atoms with E-state index in [-0.39, 0.29) is 27.9 Å². The lowest BCUT2D eigenvalue weighted by Crippen LogP contribution is -2.31. The zero-order valence-electron chi connectivity index (χ0n) is 11.5. The monoisotopic (exact) mass is 311 g/mol. The number of carbonyl (C=O) groups excluding carboxylic acids is 2. The largest absolute Gasteiger partial charge is 0.478 e. The maximum atomic E-state index is 12.4. The van der Waals surface area contributed by atoms with E-state index >= 15 is 0 Å². The van der Waals surface area contributed by atoms with E-state index in [0.717, 1.165) is 18.2 Å². The van der Waals surface area contributed by atoms with Gasteiger partial charge in [0, 0.05) is 0 Å². The van der Waals surface area contributed by atoms with Gasteiger partial charge in [-0.15, -0.1) is 0 Å². The molecular formula is C16H9NO6. The van der Waals surface area contributed by atoms with Gasteiger partial charge in [0.1, 0.15) is 0 Å². The summed E-state index contributed by atoms with van der Waals surface area (Å²) in [6.07, 6.45) is 0. The first-order valence-corrected chi connectivity index (χ1v) is 6.50. The van der Waals surface area contributed by atoms with Crippen molar-refractivity contribution in [3.05, 3.63) is 64.7 Å². The Labute approximate surface area is 129 Å². The van der Waals surface area contributed by atoms with Gasteiger partial charge in [0.05, 0.1) is 27.9 Å². The molecule has 114 valence electrons. The summed E-state index contributed by atoms with van der Waals surface area (Å²) >= 11 is 0. The molecule has 7 heteroatoms. The van der Waals surface area contributed by atoms with Crippen molar-refractivity contribution in [2.24, 2.45) is 0 Å². The molecule has 0 spiro atoms. The van der Waals surface area contributed by atoms with Gasteiger partial charge in [0.25, 0.3) is 11.8 Å². The highest BCUT2D eigenvalue weighted by Crippen LogP contribution is 2.31. The number of amides is 2. The molecule has 2 N–H and O–H groups in total. The van der Waals surface area contributed by atoms with Gasteiger partial charge >= 0.3 is 11.9 Å². The molecule has 2 amide bonds. The highest BCUT2D eigenvalue weighted by Gasteiger charge is 2.38. The predicted molar refractivity (Wildman–Crippen MR) is 77.9 cm³/mol. The Kier molecular flexibility index (Phi) is 3.18. The molecule has 0 atom stereocenters. The van der Waals surface area contributed by atoms with Crippen LogP contribution in [0.2, 0.25) is 0 Å². The minimum atomic E-state index is -1.37.